The van der Waals surface area contributed by atoms with Crippen molar-refractivity contribution >= 4 is 46.5 Å². The Balaban J connectivity index is 1.46. The van der Waals surface area contributed by atoms with Crippen LogP contribution in [0.2, 0.25) is 5.02 Å². The number of benzene rings is 3. The number of phenolic OH excluding ortho intramolecular Hbond substituents is 1. The minimum Gasteiger partial charge on any atom is -0.508 e. The average Bonchev–Trinajstić information content (AvgIpc) is 3.13. The molecule has 0 aliphatic carbocycles. The van der Waals surface area contributed by atoms with Gasteiger partial charge < -0.3 is 9.67 Å². The first kappa shape index (κ1) is 21.0. The summed E-state index contributed by atoms with van der Waals surface area (Å²) in [5.74, 6) is 0.104. The topological polar surface area (TPSA) is 79.5 Å². The highest BCUT2D eigenvalue weighted by Crippen LogP contribution is 2.27. The molecule has 0 saturated heterocycles. The Morgan fingerprint density at radius 2 is 1.84 bits per heavy atom. The molecular weight excluding hydrogens is 432 g/mol. The van der Waals surface area contributed by atoms with E-state index in [2.05, 4.69) is 20.1 Å². The van der Waals surface area contributed by atoms with E-state index in [1.165, 1.54) is 18.0 Å². The van der Waals surface area contributed by atoms with E-state index in [9.17, 15) is 9.90 Å². The van der Waals surface area contributed by atoms with Gasteiger partial charge in [-0.15, -0.1) is 0 Å². The number of hydrazone groups is 1. The molecule has 3 aromatic carbocycles. The molecule has 0 radical (unpaired) electrons. The van der Waals surface area contributed by atoms with Crippen molar-refractivity contribution in [3.05, 3.63) is 88.9 Å². The molecule has 0 saturated carbocycles. The second-order valence-electron chi connectivity index (χ2n) is 6.73. The van der Waals surface area contributed by atoms with Crippen LogP contribution in [0.3, 0.4) is 0 Å². The van der Waals surface area contributed by atoms with Gasteiger partial charge in [0, 0.05) is 5.02 Å². The van der Waals surface area contributed by atoms with E-state index < -0.39 is 0 Å². The van der Waals surface area contributed by atoms with E-state index in [1.54, 1.807) is 24.3 Å². The van der Waals surface area contributed by atoms with Gasteiger partial charge in [-0.1, -0.05) is 53.7 Å². The number of carbonyl (C=O) groups is 1. The van der Waals surface area contributed by atoms with Gasteiger partial charge in [0.1, 0.15) is 5.75 Å². The normalized spacial score (nSPS) is 11.3. The molecule has 1 heterocycles. The molecule has 0 atom stereocenters. The van der Waals surface area contributed by atoms with E-state index in [-0.39, 0.29) is 17.4 Å². The van der Waals surface area contributed by atoms with Gasteiger partial charge in [0.25, 0.3) is 5.91 Å². The molecule has 4 aromatic rings. The average molecular weight is 451 g/mol. The van der Waals surface area contributed by atoms with Crippen LogP contribution in [0.1, 0.15) is 11.1 Å². The molecule has 4 rings (SSSR count). The Morgan fingerprint density at radius 3 is 2.65 bits per heavy atom. The fourth-order valence-corrected chi connectivity index (χ4v) is 4.02. The third-order valence-corrected chi connectivity index (χ3v) is 5.88. The molecule has 8 heteroatoms. The minimum absolute atomic E-state index is 0.165. The highest BCUT2D eigenvalue weighted by molar-refractivity contribution is 7.99. The van der Waals surface area contributed by atoms with Crippen LogP contribution in [0.25, 0.3) is 11.0 Å². The summed E-state index contributed by atoms with van der Waals surface area (Å²) < 4.78 is 2.06. The lowest BCUT2D eigenvalue weighted by molar-refractivity contribution is -0.118. The zero-order valence-corrected chi connectivity index (χ0v) is 18.0. The molecule has 0 aliphatic heterocycles. The number of halogens is 1. The molecule has 0 bridgehead atoms. The molecule has 0 unspecified atom stereocenters. The van der Waals surface area contributed by atoms with E-state index in [4.69, 9.17) is 11.6 Å². The Bertz CT molecular complexity index is 1240. The largest absolute Gasteiger partial charge is 0.508 e. The summed E-state index contributed by atoms with van der Waals surface area (Å²) in [6.07, 6.45) is 1.52. The number of thioether (sulfide) groups is 1. The summed E-state index contributed by atoms with van der Waals surface area (Å²) >= 11 is 7.70. The number of nitrogens with zero attached hydrogens (tertiary/aromatic N) is 3. The molecular formula is C23H19ClN4O2S. The number of carbonyl (C=O) groups excluding carboxylic acids is 1. The lowest BCUT2D eigenvalue weighted by atomic mass is 10.2. The van der Waals surface area contributed by atoms with Gasteiger partial charge in [0.2, 0.25) is 0 Å². The summed E-state index contributed by atoms with van der Waals surface area (Å²) in [7, 11) is 0. The van der Waals surface area contributed by atoms with Gasteiger partial charge in [-0.05, 0) is 53.6 Å². The Hall–Kier alpha value is -3.29. The van der Waals surface area contributed by atoms with Gasteiger partial charge in [-0.25, -0.2) is 10.4 Å². The van der Waals surface area contributed by atoms with Crippen molar-refractivity contribution in [2.24, 2.45) is 5.10 Å². The number of fused-ring (bicyclic) bond motifs is 1. The second-order valence-corrected chi connectivity index (χ2v) is 8.08. The maximum Gasteiger partial charge on any atom is 0.250 e. The van der Waals surface area contributed by atoms with Crippen LogP contribution in [0.5, 0.6) is 5.75 Å². The van der Waals surface area contributed by atoms with E-state index in [0.29, 0.717) is 11.6 Å². The molecule has 0 fully saturated rings. The van der Waals surface area contributed by atoms with Crippen molar-refractivity contribution < 1.29 is 9.90 Å². The summed E-state index contributed by atoms with van der Waals surface area (Å²) in [5, 5.41) is 14.7. The number of aromatic nitrogens is 2. The number of nitrogens with one attached hydrogen (secondary N) is 1. The number of hydrogen-bond acceptors (Lipinski definition) is 5. The monoisotopic (exact) mass is 450 g/mol. The van der Waals surface area contributed by atoms with E-state index in [0.717, 1.165) is 27.3 Å². The maximum atomic E-state index is 12.3. The number of hydrogen-bond donors (Lipinski definition) is 2. The molecule has 2 N–H and O–H groups in total. The molecule has 1 amide bonds. The Labute approximate surface area is 188 Å². The number of aromatic hydroxyl groups is 1. The minimum atomic E-state index is -0.239. The first-order valence-corrected chi connectivity index (χ1v) is 10.9. The van der Waals surface area contributed by atoms with Gasteiger partial charge in [-0.2, -0.15) is 5.10 Å². The van der Waals surface area contributed by atoms with Crippen molar-refractivity contribution in [1.82, 2.24) is 15.0 Å². The van der Waals surface area contributed by atoms with Crippen molar-refractivity contribution in [3.8, 4) is 5.75 Å². The van der Waals surface area contributed by atoms with E-state index >= 15 is 0 Å². The highest BCUT2D eigenvalue weighted by atomic mass is 35.5. The SMILES string of the molecule is O=C(CSc1nc2ccccc2n1Cc1ccccc1Cl)N/N=C\c1ccc(O)cc1. The number of amides is 1. The first-order chi connectivity index (χ1) is 15.1. The molecule has 6 nitrogen and oxygen atoms in total. The summed E-state index contributed by atoms with van der Waals surface area (Å²) in [5.41, 5.74) is 6.12. The standard InChI is InChI=1S/C23H19ClN4O2S/c24-19-6-2-1-5-17(19)14-28-21-8-4-3-7-20(21)26-23(28)31-15-22(30)27-25-13-16-9-11-18(29)12-10-16/h1-13,29H,14-15H2,(H,27,30)/b25-13-. The fraction of sp³-hybridized carbons (Fsp3) is 0.0870. The number of para-hydroxylation sites is 2. The molecule has 31 heavy (non-hydrogen) atoms. The zero-order chi connectivity index (χ0) is 21.6. The lowest BCUT2D eigenvalue weighted by Gasteiger charge is -2.10. The molecule has 0 aliphatic rings. The third-order valence-electron chi connectivity index (χ3n) is 4.53. The van der Waals surface area contributed by atoms with Gasteiger partial charge >= 0.3 is 0 Å². The van der Waals surface area contributed by atoms with Crippen molar-refractivity contribution in [2.45, 2.75) is 11.7 Å². The van der Waals surface area contributed by atoms with Crippen molar-refractivity contribution in [3.63, 3.8) is 0 Å². The number of rotatable bonds is 7. The summed E-state index contributed by atoms with van der Waals surface area (Å²) in [4.78, 5) is 16.9. The number of phenols is 1. The second kappa shape index (κ2) is 9.68. The van der Waals surface area contributed by atoms with Crippen LogP contribution in [0.4, 0.5) is 0 Å². The predicted octanol–water partition coefficient (Wildman–Crippen LogP) is 4.69. The van der Waals surface area contributed by atoms with Gasteiger partial charge in [-0.3, -0.25) is 4.79 Å². The van der Waals surface area contributed by atoms with Crippen LogP contribution in [-0.4, -0.2) is 32.5 Å². The molecule has 1 aromatic heterocycles. The fourth-order valence-electron chi connectivity index (χ4n) is 3.01. The first-order valence-electron chi connectivity index (χ1n) is 9.52. The van der Waals surface area contributed by atoms with Gasteiger partial charge in [0.15, 0.2) is 5.16 Å². The number of imidazole rings is 1. The Morgan fingerprint density at radius 1 is 1.10 bits per heavy atom. The highest BCUT2D eigenvalue weighted by Gasteiger charge is 2.14. The van der Waals surface area contributed by atoms with Crippen LogP contribution in [-0.2, 0) is 11.3 Å². The smallest absolute Gasteiger partial charge is 0.250 e. The molecule has 0 spiro atoms. The predicted molar refractivity (Wildman–Crippen MR) is 125 cm³/mol. The quantitative estimate of drug-likeness (QED) is 0.243. The Kier molecular flexibility index (Phi) is 6.54. The summed E-state index contributed by atoms with van der Waals surface area (Å²) in [6, 6.07) is 22.1. The van der Waals surface area contributed by atoms with Crippen LogP contribution >= 0.6 is 23.4 Å². The van der Waals surface area contributed by atoms with Crippen LogP contribution in [0.15, 0.2) is 83.1 Å². The maximum absolute atomic E-state index is 12.3. The van der Waals surface area contributed by atoms with Crippen LogP contribution in [0, 0.1) is 0 Å². The lowest BCUT2D eigenvalue weighted by Crippen LogP contribution is -2.20. The van der Waals surface area contributed by atoms with Crippen molar-refractivity contribution in [2.75, 3.05) is 5.75 Å². The van der Waals surface area contributed by atoms with E-state index in [1.807, 2.05) is 48.5 Å². The van der Waals surface area contributed by atoms with Crippen LogP contribution < -0.4 is 5.43 Å². The van der Waals surface area contributed by atoms with Gasteiger partial charge in [0.05, 0.1) is 29.5 Å². The zero-order valence-electron chi connectivity index (χ0n) is 16.4. The van der Waals surface area contributed by atoms with Crippen molar-refractivity contribution in [1.29, 1.82) is 0 Å². The molecule has 156 valence electrons. The summed E-state index contributed by atoms with van der Waals surface area (Å²) in [6.45, 7) is 0.559. The third kappa shape index (κ3) is 5.25.